The number of allylic oxidation sites excluding steroid dienone is 3. The van der Waals surface area contributed by atoms with Gasteiger partial charge in [-0.3, -0.25) is 4.98 Å². The average Bonchev–Trinajstić information content (AvgIpc) is 3.67. The zero-order chi connectivity index (χ0) is 28.0. The van der Waals surface area contributed by atoms with Crippen LogP contribution in [0, 0.1) is 0 Å². The number of hydrogen-bond acceptors (Lipinski definition) is 6. The lowest BCUT2D eigenvalue weighted by Gasteiger charge is -2.11. The molecule has 0 fully saturated rings. The molecule has 0 amide bonds. The van der Waals surface area contributed by atoms with Gasteiger partial charge < -0.3 is 21.4 Å². The molecule has 0 saturated carbocycles. The van der Waals surface area contributed by atoms with Crippen LogP contribution >= 0.6 is 23.5 Å². The van der Waals surface area contributed by atoms with E-state index >= 15 is 0 Å². The first-order valence-corrected chi connectivity index (χ1v) is 15.5. The van der Waals surface area contributed by atoms with Crippen LogP contribution in [-0.2, 0) is 0 Å². The Morgan fingerprint density at radius 1 is 0.951 bits per heavy atom. The van der Waals surface area contributed by atoms with Gasteiger partial charge in [0.05, 0.1) is 16.7 Å². The summed E-state index contributed by atoms with van der Waals surface area (Å²) < 4.78 is 2.35. The maximum absolute atomic E-state index is 6.10. The summed E-state index contributed by atoms with van der Waals surface area (Å²) in [6.45, 7) is 0. The molecule has 0 spiro atoms. The van der Waals surface area contributed by atoms with Gasteiger partial charge in [0.25, 0.3) is 0 Å². The molecule has 3 aromatic carbocycles. The van der Waals surface area contributed by atoms with Gasteiger partial charge in [-0.2, -0.15) is 0 Å². The van der Waals surface area contributed by atoms with Crippen molar-refractivity contribution in [3.63, 3.8) is 0 Å². The Bertz CT molecular complexity index is 1780. The molecule has 5 aromatic rings. The molecule has 5 nitrogen and oxygen atoms in total. The van der Waals surface area contributed by atoms with Crippen molar-refractivity contribution in [1.82, 2.24) is 14.9 Å². The number of rotatable bonds is 9. The third-order valence-corrected chi connectivity index (χ3v) is 8.85. The number of nitrogens with two attached hydrogens (primary N) is 2. The van der Waals surface area contributed by atoms with Crippen LogP contribution in [0.5, 0.6) is 0 Å². The number of nitrogens with zero attached hydrogens (tertiary/aromatic N) is 2. The molecule has 1 atom stereocenters. The highest BCUT2D eigenvalue weighted by molar-refractivity contribution is 8.02. The van der Waals surface area contributed by atoms with Crippen LogP contribution in [0.15, 0.2) is 127 Å². The molecule has 204 valence electrons. The Hall–Kier alpha value is -4.33. The number of hydrogen-bond donors (Lipinski definition) is 3. The summed E-state index contributed by atoms with van der Waals surface area (Å²) >= 11 is 3.43. The number of benzene rings is 3. The minimum Gasteiger partial charge on any atom is -0.404 e. The third-order valence-electron chi connectivity index (χ3n) is 7.09. The van der Waals surface area contributed by atoms with E-state index in [0.29, 0.717) is 0 Å². The Labute approximate surface area is 248 Å². The van der Waals surface area contributed by atoms with E-state index in [1.54, 1.807) is 35.9 Å². The van der Waals surface area contributed by atoms with E-state index in [1.165, 1.54) is 10.8 Å². The quantitative estimate of drug-likeness (QED) is 0.122. The molecule has 7 heteroatoms. The molecule has 1 aliphatic rings. The van der Waals surface area contributed by atoms with Gasteiger partial charge in [-0.05, 0) is 64.3 Å². The number of aromatic nitrogens is 2. The van der Waals surface area contributed by atoms with Crippen LogP contribution in [-0.4, -0.2) is 15.3 Å². The summed E-state index contributed by atoms with van der Waals surface area (Å²) in [5, 5.41) is 9.89. The number of para-hydroxylation sites is 1. The smallest absolute Gasteiger partial charge is 0.119 e. The van der Waals surface area contributed by atoms with Crippen molar-refractivity contribution in [2.45, 2.75) is 11.8 Å². The molecule has 2 aromatic heterocycles. The van der Waals surface area contributed by atoms with E-state index in [2.05, 4.69) is 106 Å². The molecular formula is C34H31N5S2. The van der Waals surface area contributed by atoms with E-state index in [1.807, 2.05) is 17.8 Å². The fourth-order valence-corrected chi connectivity index (χ4v) is 6.39. The van der Waals surface area contributed by atoms with Crippen LogP contribution in [0.2, 0.25) is 0 Å². The SMILES string of the molecule is N/C=C\SCC/C=C\C(=C/N)c1ccc2c3ccc(-c4ccc(C5NC=CS5)nc4)cc3n(-c3ccccc3)c2c1. The van der Waals surface area contributed by atoms with Gasteiger partial charge in [0.1, 0.15) is 5.37 Å². The number of nitrogens with one attached hydrogen (secondary N) is 1. The zero-order valence-electron chi connectivity index (χ0n) is 22.5. The van der Waals surface area contributed by atoms with E-state index < -0.39 is 0 Å². The fourth-order valence-electron chi connectivity index (χ4n) is 5.12. The summed E-state index contributed by atoms with van der Waals surface area (Å²) in [5.74, 6) is 0.970. The lowest BCUT2D eigenvalue weighted by atomic mass is 10.0. The van der Waals surface area contributed by atoms with Crippen molar-refractivity contribution < 1.29 is 0 Å². The molecule has 6 rings (SSSR count). The number of fused-ring (bicyclic) bond motifs is 3. The van der Waals surface area contributed by atoms with E-state index in [-0.39, 0.29) is 5.37 Å². The summed E-state index contributed by atoms with van der Waals surface area (Å²) in [7, 11) is 0. The van der Waals surface area contributed by atoms with Crippen LogP contribution in [0.3, 0.4) is 0 Å². The minimum atomic E-state index is 0.177. The minimum absolute atomic E-state index is 0.177. The van der Waals surface area contributed by atoms with Gasteiger partial charge in [0, 0.05) is 52.6 Å². The molecule has 0 radical (unpaired) electrons. The summed E-state index contributed by atoms with van der Waals surface area (Å²) in [6, 6.07) is 28.1. The largest absolute Gasteiger partial charge is 0.404 e. The lowest BCUT2D eigenvalue weighted by Crippen LogP contribution is -2.08. The van der Waals surface area contributed by atoms with Gasteiger partial charge in [-0.25, -0.2) is 0 Å². The highest BCUT2D eigenvalue weighted by Gasteiger charge is 2.16. The molecule has 0 bridgehead atoms. The maximum Gasteiger partial charge on any atom is 0.119 e. The summed E-state index contributed by atoms with van der Waals surface area (Å²) in [6.07, 6.45) is 12.4. The Kier molecular flexibility index (Phi) is 8.16. The Morgan fingerprint density at radius 2 is 1.76 bits per heavy atom. The third kappa shape index (κ3) is 5.64. The standard InChI is InChI=1S/C34H31N5S2/c35-15-18-40-17-5-4-6-26(22-36)24-9-12-29-30-13-10-25(27-11-14-31(38-23-27)34-37-16-19-41-34)21-33(30)39(32(29)20-24)28-7-2-1-3-8-28/h1-4,6-16,18-23,34,37H,5,17,35-36H2/b6-4-,18-15-,26-22+. The Morgan fingerprint density at radius 3 is 2.49 bits per heavy atom. The normalized spacial score (nSPS) is 15.5. The molecule has 3 heterocycles. The van der Waals surface area contributed by atoms with E-state index in [0.717, 1.165) is 56.9 Å². The molecule has 1 unspecified atom stereocenters. The Balaban J connectivity index is 1.41. The van der Waals surface area contributed by atoms with Crippen molar-refractivity contribution in [2.75, 3.05) is 5.75 Å². The van der Waals surface area contributed by atoms with Gasteiger partial charge in [-0.15, -0.1) is 23.5 Å². The van der Waals surface area contributed by atoms with Gasteiger partial charge in [0.15, 0.2) is 0 Å². The average molecular weight is 574 g/mol. The summed E-state index contributed by atoms with van der Waals surface area (Å²) in [5.41, 5.74) is 20.3. The van der Waals surface area contributed by atoms with E-state index in [9.17, 15) is 0 Å². The monoisotopic (exact) mass is 573 g/mol. The van der Waals surface area contributed by atoms with Gasteiger partial charge in [0.2, 0.25) is 0 Å². The molecule has 41 heavy (non-hydrogen) atoms. The molecule has 1 aliphatic heterocycles. The van der Waals surface area contributed by atoms with Crippen LogP contribution in [0.25, 0.3) is 44.2 Å². The van der Waals surface area contributed by atoms with Crippen LogP contribution in [0.1, 0.15) is 23.1 Å². The van der Waals surface area contributed by atoms with Crippen molar-refractivity contribution in [3.05, 3.63) is 138 Å². The second-order valence-corrected chi connectivity index (χ2v) is 11.6. The fraction of sp³-hybridized carbons (Fsp3) is 0.0882. The predicted octanol–water partition coefficient (Wildman–Crippen LogP) is 8.06. The van der Waals surface area contributed by atoms with Crippen molar-refractivity contribution >= 4 is 50.9 Å². The van der Waals surface area contributed by atoms with Crippen molar-refractivity contribution in [2.24, 2.45) is 11.5 Å². The predicted molar refractivity (Wildman–Crippen MR) is 178 cm³/mol. The molecule has 0 aliphatic carbocycles. The van der Waals surface area contributed by atoms with Gasteiger partial charge in [-0.1, -0.05) is 60.7 Å². The second-order valence-electron chi connectivity index (χ2n) is 9.60. The highest BCUT2D eigenvalue weighted by atomic mass is 32.2. The topological polar surface area (TPSA) is 81.9 Å². The summed E-state index contributed by atoms with van der Waals surface area (Å²) in [4.78, 5) is 4.76. The first-order chi connectivity index (χ1) is 20.3. The van der Waals surface area contributed by atoms with Crippen molar-refractivity contribution in [3.8, 4) is 16.8 Å². The molecule has 5 N–H and O–H groups in total. The molecule has 0 saturated heterocycles. The van der Waals surface area contributed by atoms with E-state index in [4.69, 9.17) is 16.5 Å². The highest BCUT2D eigenvalue weighted by Crippen LogP contribution is 2.37. The van der Waals surface area contributed by atoms with Crippen molar-refractivity contribution in [1.29, 1.82) is 0 Å². The maximum atomic E-state index is 6.10. The molecular weight excluding hydrogens is 543 g/mol. The number of thioether (sulfide) groups is 2. The zero-order valence-corrected chi connectivity index (χ0v) is 24.1. The first-order valence-electron chi connectivity index (χ1n) is 13.5. The van der Waals surface area contributed by atoms with Crippen LogP contribution in [0.4, 0.5) is 0 Å². The number of pyridine rings is 1. The van der Waals surface area contributed by atoms with Crippen LogP contribution < -0.4 is 16.8 Å². The lowest BCUT2D eigenvalue weighted by molar-refractivity contribution is 0.828. The second kappa shape index (κ2) is 12.5. The first kappa shape index (κ1) is 26.9. The van der Waals surface area contributed by atoms with Gasteiger partial charge >= 0.3 is 0 Å².